The van der Waals surface area contributed by atoms with Gasteiger partial charge >= 0.3 is 0 Å². The van der Waals surface area contributed by atoms with Crippen LogP contribution in [0.1, 0.15) is 41.8 Å². The minimum absolute atomic E-state index is 0.262. The molecule has 3 heteroatoms. The summed E-state index contributed by atoms with van der Waals surface area (Å²) >= 11 is 7.47. The highest BCUT2D eigenvalue weighted by atomic mass is 35.5. The van der Waals surface area contributed by atoms with E-state index in [9.17, 15) is 4.79 Å². The first kappa shape index (κ1) is 10.8. The molecule has 1 aromatic rings. The molecule has 0 spiro atoms. The van der Waals surface area contributed by atoms with Crippen molar-refractivity contribution in [3.8, 4) is 0 Å². The van der Waals surface area contributed by atoms with Gasteiger partial charge in [-0.15, -0.1) is 11.3 Å². The Morgan fingerprint density at radius 2 is 2.31 bits per heavy atom. The van der Waals surface area contributed by atoms with Crippen LogP contribution in [0, 0.1) is 17.8 Å². The van der Waals surface area contributed by atoms with Gasteiger partial charge in [0.25, 0.3) is 0 Å². The van der Waals surface area contributed by atoms with E-state index >= 15 is 0 Å². The number of halogens is 1. The average molecular weight is 255 g/mol. The van der Waals surface area contributed by atoms with Crippen molar-refractivity contribution in [2.75, 3.05) is 0 Å². The molecule has 2 fully saturated rings. The van der Waals surface area contributed by atoms with Gasteiger partial charge in [-0.05, 0) is 48.5 Å². The molecule has 3 unspecified atom stereocenters. The summed E-state index contributed by atoms with van der Waals surface area (Å²) in [6.07, 6.45) is 6.12. The second-order valence-electron chi connectivity index (χ2n) is 5.16. The second kappa shape index (κ2) is 4.15. The topological polar surface area (TPSA) is 17.1 Å². The molecule has 86 valence electrons. The van der Waals surface area contributed by atoms with Crippen molar-refractivity contribution in [3.05, 3.63) is 21.3 Å². The Morgan fingerprint density at radius 3 is 2.88 bits per heavy atom. The molecule has 0 amide bonds. The van der Waals surface area contributed by atoms with E-state index in [1.807, 2.05) is 11.4 Å². The monoisotopic (exact) mass is 254 g/mol. The molecule has 1 heterocycles. The molecular formula is C13H15ClOS. The summed E-state index contributed by atoms with van der Waals surface area (Å²) in [5.74, 6) is 2.65. The third kappa shape index (κ3) is 1.82. The largest absolute Gasteiger partial charge is 0.293 e. The van der Waals surface area contributed by atoms with Crippen LogP contribution in [-0.4, -0.2) is 5.78 Å². The summed E-state index contributed by atoms with van der Waals surface area (Å²) in [5, 5.41) is 2.54. The fourth-order valence-corrected chi connectivity index (χ4v) is 4.56. The number of Topliss-reactive ketones (excluding diaryl/α,β-unsaturated/α-hetero) is 1. The highest BCUT2D eigenvalue weighted by Gasteiger charge is 2.40. The summed E-state index contributed by atoms with van der Waals surface area (Å²) in [4.78, 5) is 12.9. The van der Waals surface area contributed by atoms with Gasteiger partial charge < -0.3 is 0 Å². The zero-order chi connectivity index (χ0) is 11.1. The van der Waals surface area contributed by atoms with Crippen LogP contribution in [0.4, 0.5) is 0 Å². The molecule has 0 aliphatic heterocycles. The zero-order valence-corrected chi connectivity index (χ0v) is 10.7. The van der Waals surface area contributed by atoms with E-state index in [-0.39, 0.29) is 5.78 Å². The van der Waals surface area contributed by atoms with Crippen molar-refractivity contribution in [1.29, 1.82) is 0 Å². The van der Waals surface area contributed by atoms with Crippen LogP contribution < -0.4 is 0 Å². The maximum Gasteiger partial charge on any atom is 0.174 e. The van der Waals surface area contributed by atoms with Gasteiger partial charge in [0, 0.05) is 6.42 Å². The van der Waals surface area contributed by atoms with Gasteiger partial charge in [-0.2, -0.15) is 0 Å². The average Bonchev–Trinajstić information content (AvgIpc) is 2.92. The Balaban J connectivity index is 1.67. The van der Waals surface area contributed by atoms with Gasteiger partial charge in [-0.25, -0.2) is 0 Å². The number of hydrogen-bond acceptors (Lipinski definition) is 2. The standard InChI is InChI=1S/C13H15ClOS/c14-11-3-4-16-13(11)12(15)7-10-6-8-1-2-9(10)5-8/h3-4,8-10H,1-2,5-7H2. The third-order valence-electron chi connectivity index (χ3n) is 4.20. The molecule has 1 aromatic heterocycles. The molecule has 0 radical (unpaired) electrons. The maximum atomic E-state index is 12.1. The number of hydrogen-bond donors (Lipinski definition) is 0. The van der Waals surface area contributed by atoms with E-state index in [1.54, 1.807) is 0 Å². The second-order valence-corrected chi connectivity index (χ2v) is 6.48. The normalized spacial score (nSPS) is 32.2. The van der Waals surface area contributed by atoms with E-state index < -0.39 is 0 Å². The number of rotatable bonds is 3. The lowest BCUT2D eigenvalue weighted by Gasteiger charge is -2.20. The Bertz CT molecular complexity index is 412. The van der Waals surface area contributed by atoms with Crippen LogP contribution in [0.5, 0.6) is 0 Å². The summed E-state index contributed by atoms with van der Waals surface area (Å²) in [6.45, 7) is 0. The van der Waals surface area contributed by atoms with Crippen molar-refractivity contribution < 1.29 is 4.79 Å². The molecule has 2 bridgehead atoms. The van der Waals surface area contributed by atoms with Crippen molar-refractivity contribution in [2.24, 2.45) is 17.8 Å². The van der Waals surface area contributed by atoms with E-state index in [1.165, 1.54) is 37.0 Å². The van der Waals surface area contributed by atoms with Crippen molar-refractivity contribution in [3.63, 3.8) is 0 Å². The number of thiophene rings is 1. The maximum absolute atomic E-state index is 12.1. The summed E-state index contributed by atoms with van der Waals surface area (Å²) in [7, 11) is 0. The molecule has 16 heavy (non-hydrogen) atoms. The minimum atomic E-state index is 0.262. The lowest BCUT2D eigenvalue weighted by Crippen LogP contribution is -2.14. The zero-order valence-electron chi connectivity index (χ0n) is 9.12. The fourth-order valence-electron chi connectivity index (χ4n) is 3.45. The summed E-state index contributed by atoms with van der Waals surface area (Å²) < 4.78 is 0. The van der Waals surface area contributed by atoms with Gasteiger partial charge in [0.15, 0.2) is 5.78 Å². The predicted molar refractivity (Wildman–Crippen MR) is 67.2 cm³/mol. The SMILES string of the molecule is O=C(CC1CC2CCC1C2)c1sccc1Cl. The Hall–Kier alpha value is -0.340. The Labute approximate surface area is 105 Å². The first-order valence-corrected chi connectivity index (χ1v) is 7.26. The molecular weight excluding hydrogens is 240 g/mol. The molecule has 0 aromatic carbocycles. The molecule has 1 nitrogen and oxygen atoms in total. The van der Waals surface area contributed by atoms with Crippen LogP contribution in [0.3, 0.4) is 0 Å². The first-order chi connectivity index (χ1) is 7.74. The predicted octanol–water partition coefficient (Wildman–Crippen LogP) is 4.41. The smallest absolute Gasteiger partial charge is 0.174 e. The highest BCUT2D eigenvalue weighted by Crippen LogP contribution is 2.50. The third-order valence-corrected chi connectivity index (χ3v) is 5.59. The van der Waals surface area contributed by atoms with Crippen molar-refractivity contribution >= 4 is 28.7 Å². The van der Waals surface area contributed by atoms with Crippen LogP contribution in [0.2, 0.25) is 5.02 Å². The van der Waals surface area contributed by atoms with Gasteiger partial charge in [-0.3, -0.25) is 4.79 Å². The molecule has 3 rings (SSSR count). The van der Waals surface area contributed by atoms with Crippen LogP contribution in [0.25, 0.3) is 0 Å². The number of carbonyl (C=O) groups is 1. The first-order valence-electron chi connectivity index (χ1n) is 6.00. The molecule has 2 aliphatic carbocycles. The van der Waals surface area contributed by atoms with Crippen molar-refractivity contribution in [1.82, 2.24) is 0 Å². The van der Waals surface area contributed by atoms with Crippen LogP contribution in [0.15, 0.2) is 11.4 Å². The van der Waals surface area contributed by atoms with E-state index in [2.05, 4.69) is 0 Å². The molecule has 2 aliphatic rings. The summed E-state index contributed by atoms with van der Waals surface area (Å²) in [5.41, 5.74) is 0. The van der Waals surface area contributed by atoms with E-state index in [0.29, 0.717) is 10.9 Å². The van der Waals surface area contributed by atoms with E-state index in [4.69, 9.17) is 11.6 Å². The fraction of sp³-hybridized carbons (Fsp3) is 0.615. The minimum Gasteiger partial charge on any atom is -0.293 e. The number of ketones is 1. The van der Waals surface area contributed by atoms with Gasteiger partial charge in [0.1, 0.15) is 0 Å². The van der Waals surface area contributed by atoms with Crippen LogP contribution in [-0.2, 0) is 0 Å². The highest BCUT2D eigenvalue weighted by molar-refractivity contribution is 7.12. The molecule has 3 atom stereocenters. The van der Waals surface area contributed by atoms with Crippen molar-refractivity contribution in [2.45, 2.75) is 32.1 Å². The Morgan fingerprint density at radius 1 is 1.44 bits per heavy atom. The van der Waals surface area contributed by atoms with Gasteiger partial charge in [-0.1, -0.05) is 18.0 Å². The Kier molecular flexibility index (Phi) is 2.80. The van der Waals surface area contributed by atoms with Crippen LogP contribution >= 0.6 is 22.9 Å². The lowest BCUT2D eigenvalue weighted by molar-refractivity contribution is 0.0948. The molecule has 0 saturated heterocycles. The van der Waals surface area contributed by atoms with Gasteiger partial charge in [0.05, 0.1) is 9.90 Å². The van der Waals surface area contributed by atoms with E-state index in [0.717, 1.165) is 23.1 Å². The number of carbonyl (C=O) groups excluding carboxylic acids is 1. The molecule has 2 saturated carbocycles. The molecule has 0 N–H and O–H groups in total. The lowest BCUT2D eigenvalue weighted by atomic mass is 9.85. The summed E-state index contributed by atoms with van der Waals surface area (Å²) in [6, 6.07) is 1.82. The quantitative estimate of drug-likeness (QED) is 0.731. The van der Waals surface area contributed by atoms with Gasteiger partial charge in [0.2, 0.25) is 0 Å². The number of fused-ring (bicyclic) bond motifs is 2.